The summed E-state index contributed by atoms with van der Waals surface area (Å²) in [5.41, 5.74) is 9.14. The van der Waals surface area contributed by atoms with Crippen LogP contribution < -0.4 is 5.73 Å². The molecule has 0 saturated heterocycles. The molecule has 0 amide bonds. The van der Waals surface area contributed by atoms with Crippen molar-refractivity contribution in [3.05, 3.63) is 71.0 Å². The predicted molar refractivity (Wildman–Crippen MR) is 75.4 cm³/mol. The van der Waals surface area contributed by atoms with Gasteiger partial charge in [0.25, 0.3) is 0 Å². The van der Waals surface area contributed by atoms with Crippen molar-refractivity contribution in [1.29, 1.82) is 0 Å². The van der Waals surface area contributed by atoms with Crippen molar-refractivity contribution in [2.45, 2.75) is 25.3 Å². The second-order valence-corrected chi connectivity index (χ2v) is 5.47. The molecule has 2 heteroatoms. The molecule has 98 valence electrons. The van der Waals surface area contributed by atoms with Crippen LogP contribution in [0.1, 0.15) is 35.1 Å². The van der Waals surface area contributed by atoms with Gasteiger partial charge in [0.15, 0.2) is 0 Å². The Morgan fingerprint density at radius 3 is 2.58 bits per heavy atom. The van der Waals surface area contributed by atoms with E-state index in [2.05, 4.69) is 12.1 Å². The van der Waals surface area contributed by atoms with E-state index in [0.29, 0.717) is 17.4 Å². The van der Waals surface area contributed by atoms with Gasteiger partial charge in [0, 0.05) is 11.6 Å². The summed E-state index contributed by atoms with van der Waals surface area (Å²) in [5.74, 6) is 0.669. The van der Waals surface area contributed by atoms with Gasteiger partial charge in [-0.05, 0) is 42.4 Å². The third-order valence-electron chi connectivity index (χ3n) is 4.04. The average molecular weight is 255 g/mol. The molecule has 3 atom stereocenters. The summed E-state index contributed by atoms with van der Waals surface area (Å²) in [6.07, 6.45) is 1.05. The van der Waals surface area contributed by atoms with Crippen LogP contribution in [0.15, 0.2) is 48.5 Å². The van der Waals surface area contributed by atoms with Crippen LogP contribution in [0.2, 0.25) is 0 Å². The molecule has 1 saturated carbocycles. The zero-order valence-electron chi connectivity index (χ0n) is 11.0. The Hall–Kier alpha value is -1.67. The molecule has 2 N–H and O–H groups in total. The van der Waals surface area contributed by atoms with Gasteiger partial charge < -0.3 is 5.73 Å². The van der Waals surface area contributed by atoms with E-state index in [0.717, 1.165) is 12.0 Å². The van der Waals surface area contributed by atoms with E-state index in [-0.39, 0.29) is 11.9 Å². The van der Waals surface area contributed by atoms with Crippen molar-refractivity contribution in [1.82, 2.24) is 0 Å². The van der Waals surface area contributed by atoms with Gasteiger partial charge in [-0.25, -0.2) is 4.39 Å². The largest absolute Gasteiger partial charge is 0.324 e. The van der Waals surface area contributed by atoms with Crippen molar-refractivity contribution < 1.29 is 4.39 Å². The van der Waals surface area contributed by atoms with E-state index in [4.69, 9.17) is 5.73 Å². The van der Waals surface area contributed by atoms with Crippen molar-refractivity contribution in [3.63, 3.8) is 0 Å². The Morgan fingerprint density at radius 1 is 1.16 bits per heavy atom. The van der Waals surface area contributed by atoms with Crippen LogP contribution >= 0.6 is 0 Å². The fraction of sp³-hybridized carbons (Fsp3) is 0.294. The van der Waals surface area contributed by atoms with Crippen molar-refractivity contribution in [3.8, 4) is 0 Å². The minimum atomic E-state index is -0.203. The summed E-state index contributed by atoms with van der Waals surface area (Å²) in [7, 11) is 0. The maximum atomic E-state index is 13.9. The lowest BCUT2D eigenvalue weighted by atomic mass is 9.98. The lowest BCUT2D eigenvalue weighted by Crippen LogP contribution is -2.15. The molecule has 1 nitrogen and oxygen atoms in total. The molecule has 1 aliphatic carbocycles. The first kappa shape index (κ1) is 12.4. The third-order valence-corrected chi connectivity index (χ3v) is 4.04. The second-order valence-electron chi connectivity index (χ2n) is 5.47. The number of hydrogen-bond acceptors (Lipinski definition) is 1. The third kappa shape index (κ3) is 2.41. The number of hydrogen-bond donors (Lipinski definition) is 1. The van der Waals surface area contributed by atoms with Crippen LogP contribution in [0.4, 0.5) is 4.39 Å². The van der Waals surface area contributed by atoms with Gasteiger partial charge in [0.1, 0.15) is 5.82 Å². The van der Waals surface area contributed by atoms with Gasteiger partial charge in [-0.15, -0.1) is 0 Å². The summed E-state index contributed by atoms with van der Waals surface area (Å²) < 4.78 is 13.9. The van der Waals surface area contributed by atoms with E-state index < -0.39 is 0 Å². The van der Waals surface area contributed by atoms with E-state index in [1.54, 1.807) is 6.07 Å². The lowest BCUT2D eigenvalue weighted by Gasteiger charge is -2.13. The molecular weight excluding hydrogens is 237 g/mol. The van der Waals surface area contributed by atoms with Gasteiger partial charge in [-0.1, -0.05) is 42.5 Å². The molecule has 0 aromatic heterocycles. The van der Waals surface area contributed by atoms with Gasteiger partial charge in [0.05, 0.1) is 0 Å². The first-order valence-electron chi connectivity index (χ1n) is 6.73. The predicted octanol–water partition coefficient (Wildman–Crippen LogP) is 3.94. The van der Waals surface area contributed by atoms with Gasteiger partial charge in [-0.3, -0.25) is 0 Å². The highest BCUT2D eigenvalue weighted by Gasteiger charge is 2.43. The molecule has 3 rings (SSSR count). The fourth-order valence-corrected chi connectivity index (χ4v) is 2.83. The standard InChI is InChI=1S/C17H18FN/c1-11-7-8-13(16(18)9-11)17(19)15-10-14(15)12-5-3-2-4-6-12/h2-9,14-15,17H,10,19H2,1H3. The highest BCUT2D eigenvalue weighted by Crippen LogP contribution is 2.53. The highest BCUT2D eigenvalue weighted by atomic mass is 19.1. The van der Waals surface area contributed by atoms with E-state index in [1.807, 2.05) is 37.3 Å². The lowest BCUT2D eigenvalue weighted by molar-refractivity contribution is 0.546. The van der Waals surface area contributed by atoms with E-state index >= 15 is 0 Å². The number of halogens is 1. The second kappa shape index (κ2) is 4.78. The minimum absolute atomic E-state index is 0.175. The number of rotatable bonds is 3. The Morgan fingerprint density at radius 2 is 1.89 bits per heavy atom. The zero-order valence-corrected chi connectivity index (χ0v) is 11.0. The Kier molecular flexibility index (Phi) is 3.11. The van der Waals surface area contributed by atoms with Crippen LogP contribution in [0.5, 0.6) is 0 Å². The maximum absolute atomic E-state index is 13.9. The quantitative estimate of drug-likeness (QED) is 0.883. The zero-order chi connectivity index (χ0) is 13.4. The first-order chi connectivity index (χ1) is 9.16. The molecular formula is C17H18FN. The number of nitrogens with two attached hydrogens (primary N) is 1. The van der Waals surface area contributed by atoms with Crippen LogP contribution in [0.3, 0.4) is 0 Å². The Bertz CT molecular complexity index is 579. The summed E-state index contributed by atoms with van der Waals surface area (Å²) in [5, 5.41) is 0. The summed E-state index contributed by atoms with van der Waals surface area (Å²) in [4.78, 5) is 0. The molecule has 1 aliphatic rings. The average Bonchev–Trinajstić information content (AvgIpc) is 3.19. The molecule has 0 heterocycles. The molecule has 0 bridgehead atoms. The topological polar surface area (TPSA) is 26.0 Å². The molecule has 1 fully saturated rings. The molecule has 0 aliphatic heterocycles. The number of benzene rings is 2. The van der Waals surface area contributed by atoms with Gasteiger partial charge in [0.2, 0.25) is 0 Å². The Balaban J connectivity index is 1.78. The molecule has 19 heavy (non-hydrogen) atoms. The molecule has 0 spiro atoms. The maximum Gasteiger partial charge on any atom is 0.128 e. The Labute approximate surface area is 113 Å². The summed E-state index contributed by atoms with van der Waals surface area (Å²) in [6.45, 7) is 1.89. The van der Waals surface area contributed by atoms with Crippen molar-refractivity contribution >= 4 is 0 Å². The fourth-order valence-electron chi connectivity index (χ4n) is 2.83. The molecule has 2 aromatic rings. The monoisotopic (exact) mass is 255 g/mol. The normalized spacial score (nSPS) is 23.1. The van der Waals surface area contributed by atoms with Crippen LogP contribution in [-0.4, -0.2) is 0 Å². The van der Waals surface area contributed by atoms with Crippen LogP contribution in [-0.2, 0) is 0 Å². The van der Waals surface area contributed by atoms with E-state index in [1.165, 1.54) is 5.56 Å². The van der Waals surface area contributed by atoms with Crippen molar-refractivity contribution in [2.24, 2.45) is 11.7 Å². The number of aryl methyl sites for hydroxylation is 1. The van der Waals surface area contributed by atoms with Crippen LogP contribution in [0.25, 0.3) is 0 Å². The van der Waals surface area contributed by atoms with Crippen LogP contribution in [0, 0.1) is 18.7 Å². The van der Waals surface area contributed by atoms with E-state index in [9.17, 15) is 4.39 Å². The molecule has 3 unspecified atom stereocenters. The molecule has 2 aromatic carbocycles. The summed E-state index contributed by atoms with van der Waals surface area (Å²) in [6, 6.07) is 15.5. The summed E-state index contributed by atoms with van der Waals surface area (Å²) >= 11 is 0. The smallest absolute Gasteiger partial charge is 0.128 e. The SMILES string of the molecule is Cc1ccc(C(N)C2CC2c2ccccc2)c(F)c1. The van der Waals surface area contributed by atoms with Gasteiger partial charge >= 0.3 is 0 Å². The minimum Gasteiger partial charge on any atom is -0.324 e. The van der Waals surface area contributed by atoms with Crippen molar-refractivity contribution in [2.75, 3.05) is 0 Å². The first-order valence-corrected chi connectivity index (χ1v) is 6.73. The highest BCUT2D eigenvalue weighted by molar-refractivity contribution is 5.32. The molecule has 0 radical (unpaired) electrons. The van der Waals surface area contributed by atoms with Gasteiger partial charge in [-0.2, -0.15) is 0 Å².